The second kappa shape index (κ2) is 47.3. The molecule has 0 heterocycles. The first-order valence-electron chi connectivity index (χ1n) is 23.7. The van der Waals surface area contributed by atoms with Crippen LogP contribution in [0.3, 0.4) is 0 Å². The summed E-state index contributed by atoms with van der Waals surface area (Å²) in [6.45, 7) is 23.7. The van der Waals surface area contributed by atoms with Crippen molar-refractivity contribution in [2.45, 2.75) is 157 Å². The maximum absolute atomic E-state index is 6.53. The molecule has 0 saturated heterocycles. The summed E-state index contributed by atoms with van der Waals surface area (Å²) in [5, 5.41) is 0. The summed E-state index contributed by atoms with van der Waals surface area (Å²) in [5.41, 5.74) is -0.823. The number of hydrogen-bond acceptors (Lipinski definition) is 16. The van der Waals surface area contributed by atoms with Gasteiger partial charge in [-0.15, -0.1) is 0 Å². The molecule has 0 fully saturated rings. The highest BCUT2D eigenvalue weighted by Gasteiger charge is 2.35. The van der Waals surface area contributed by atoms with Crippen molar-refractivity contribution in [3.8, 4) is 0 Å². The van der Waals surface area contributed by atoms with Crippen LogP contribution in [0, 0.1) is 5.41 Å². The lowest BCUT2D eigenvalue weighted by atomic mass is 9.92. The molecule has 4 atom stereocenters. The van der Waals surface area contributed by atoms with E-state index in [1.807, 2.05) is 27.7 Å². The molecule has 0 spiro atoms. The van der Waals surface area contributed by atoms with E-state index >= 15 is 0 Å². The van der Waals surface area contributed by atoms with E-state index in [0.717, 1.165) is 77.0 Å². The van der Waals surface area contributed by atoms with Crippen molar-refractivity contribution in [3.63, 3.8) is 0 Å². The first kappa shape index (κ1) is 60.4. The van der Waals surface area contributed by atoms with Gasteiger partial charge < -0.3 is 37.9 Å². The summed E-state index contributed by atoms with van der Waals surface area (Å²) in [7, 11) is 0. The second-order valence-electron chi connectivity index (χ2n) is 15.4. The standard InChI is InChI=1S/C45H92O16/c1-9-17-25-46-29-41(52-27-19-11-3)31-48-37-45(38-49-32-42(53-28-20-12-4)30-47-26-18-10-2,39-50-33-43(60-56-23-15-7)35-58-54-21-13-5)40-51-34-44(61-57-24-16-8)36-59-55-22-14-6/h41-44H,9-40H2,1-8H3. The van der Waals surface area contributed by atoms with Crippen LogP contribution in [0.2, 0.25) is 0 Å². The van der Waals surface area contributed by atoms with Gasteiger partial charge in [0, 0.05) is 26.4 Å². The van der Waals surface area contributed by atoms with E-state index in [1.165, 1.54) is 0 Å². The van der Waals surface area contributed by atoms with Crippen LogP contribution in [0.25, 0.3) is 0 Å². The molecule has 61 heavy (non-hydrogen) atoms. The minimum atomic E-state index is -0.823. The van der Waals surface area contributed by atoms with Gasteiger partial charge >= 0.3 is 0 Å². The normalized spacial score (nSPS) is 15.0. The van der Waals surface area contributed by atoms with Crippen LogP contribution in [0.5, 0.6) is 0 Å². The molecule has 0 saturated carbocycles. The molecule has 4 unspecified atom stereocenters. The van der Waals surface area contributed by atoms with Crippen LogP contribution in [0.4, 0.5) is 0 Å². The van der Waals surface area contributed by atoms with Crippen molar-refractivity contribution in [2.24, 2.45) is 5.41 Å². The average Bonchev–Trinajstić information content (AvgIpc) is 3.26. The molecular weight excluding hydrogens is 796 g/mol. The lowest BCUT2D eigenvalue weighted by molar-refractivity contribution is -0.372. The van der Waals surface area contributed by atoms with Crippen LogP contribution >= 0.6 is 0 Å². The molecule has 0 aliphatic carbocycles. The molecule has 0 bridgehead atoms. The maximum Gasteiger partial charge on any atom is 0.143 e. The summed E-state index contributed by atoms with van der Waals surface area (Å²) in [5.74, 6) is 0. The first-order chi connectivity index (χ1) is 30.0. The second-order valence-corrected chi connectivity index (χ2v) is 15.4. The fraction of sp³-hybridized carbons (Fsp3) is 1.00. The molecule has 0 aromatic carbocycles. The molecule has 0 rings (SSSR count). The summed E-state index contributed by atoms with van der Waals surface area (Å²) in [6.07, 6.45) is 9.62. The van der Waals surface area contributed by atoms with Gasteiger partial charge in [0.2, 0.25) is 0 Å². The molecule has 368 valence electrons. The van der Waals surface area contributed by atoms with Gasteiger partial charge in [-0.1, -0.05) is 81.1 Å². The van der Waals surface area contributed by atoms with Crippen molar-refractivity contribution >= 4 is 0 Å². The molecule has 0 amide bonds. The SMILES string of the molecule is CCCCOCC(COCC(COCC(COCCCC)OCCCC)(COCC(COOCCC)OOCCC)COCC(COOCCC)OOCCC)OCCCC. The van der Waals surface area contributed by atoms with Gasteiger partial charge in [0.1, 0.15) is 37.6 Å². The summed E-state index contributed by atoms with van der Waals surface area (Å²) in [6, 6.07) is 0. The van der Waals surface area contributed by atoms with Crippen LogP contribution in [-0.4, -0.2) is 157 Å². The third-order valence-corrected chi connectivity index (χ3v) is 8.68. The first-order valence-corrected chi connectivity index (χ1v) is 23.7. The molecule has 16 heteroatoms. The summed E-state index contributed by atoms with van der Waals surface area (Å²) >= 11 is 0. The lowest BCUT2D eigenvalue weighted by Gasteiger charge is -2.34. The Morgan fingerprint density at radius 1 is 0.279 bits per heavy atom. The van der Waals surface area contributed by atoms with E-state index in [0.29, 0.717) is 79.3 Å². The van der Waals surface area contributed by atoms with Gasteiger partial charge in [-0.3, -0.25) is 0 Å². The van der Waals surface area contributed by atoms with Crippen molar-refractivity contribution in [1.82, 2.24) is 0 Å². The highest BCUT2D eigenvalue weighted by molar-refractivity contribution is 4.81. The Hall–Kier alpha value is -0.640. The smallest absolute Gasteiger partial charge is 0.143 e. The Bertz CT molecular complexity index is 713. The maximum atomic E-state index is 6.53. The number of rotatable bonds is 52. The zero-order valence-corrected chi connectivity index (χ0v) is 40.0. The summed E-state index contributed by atoms with van der Waals surface area (Å²) in [4.78, 5) is 43.7. The third kappa shape index (κ3) is 38.4. The van der Waals surface area contributed by atoms with Gasteiger partial charge in [0.15, 0.2) is 0 Å². The van der Waals surface area contributed by atoms with Gasteiger partial charge in [-0.2, -0.15) is 0 Å². The van der Waals surface area contributed by atoms with Crippen LogP contribution in [0.1, 0.15) is 132 Å². The molecule has 0 N–H and O–H groups in total. The highest BCUT2D eigenvalue weighted by Crippen LogP contribution is 2.23. The van der Waals surface area contributed by atoms with Gasteiger partial charge in [0.05, 0.1) is 97.9 Å². The quantitative estimate of drug-likeness (QED) is 0.0328. The van der Waals surface area contributed by atoms with E-state index in [2.05, 4.69) is 27.7 Å². The van der Waals surface area contributed by atoms with E-state index in [4.69, 9.17) is 77.0 Å². The minimum Gasteiger partial charge on any atom is -0.379 e. The molecule has 0 aliphatic rings. The fourth-order valence-electron chi connectivity index (χ4n) is 5.07. The zero-order chi connectivity index (χ0) is 44.8. The molecule has 0 aliphatic heterocycles. The minimum absolute atomic E-state index is 0.112. The Morgan fingerprint density at radius 2 is 0.590 bits per heavy atom. The predicted molar refractivity (Wildman–Crippen MR) is 233 cm³/mol. The molecule has 0 radical (unpaired) electrons. The number of hydrogen-bond donors (Lipinski definition) is 0. The largest absolute Gasteiger partial charge is 0.379 e. The van der Waals surface area contributed by atoms with E-state index < -0.39 is 17.6 Å². The van der Waals surface area contributed by atoms with Crippen LogP contribution < -0.4 is 0 Å². The topological polar surface area (TPSA) is 148 Å². The third-order valence-electron chi connectivity index (χ3n) is 8.68. The van der Waals surface area contributed by atoms with Crippen molar-refractivity contribution in [2.75, 3.05) is 132 Å². The Kier molecular flexibility index (Phi) is 46.8. The Morgan fingerprint density at radius 3 is 0.934 bits per heavy atom. The van der Waals surface area contributed by atoms with Crippen molar-refractivity contribution < 1.29 is 77.0 Å². The van der Waals surface area contributed by atoms with Gasteiger partial charge in [-0.05, 0) is 51.4 Å². The van der Waals surface area contributed by atoms with Gasteiger partial charge in [-0.25, -0.2) is 39.1 Å². The van der Waals surface area contributed by atoms with Crippen molar-refractivity contribution in [1.29, 1.82) is 0 Å². The Labute approximate surface area is 370 Å². The molecule has 16 nitrogen and oxygen atoms in total. The average molecular weight is 889 g/mol. The number of unbranched alkanes of at least 4 members (excludes halogenated alkanes) is 4. The monoisotopic (exact) mass is 889 g/mol. The van der Waals surface area contributed by atoms with E-state index in [1.54, 1.807) is 0 Å². The zero-order valence-electron chi connectivity index (χ0n) is 40.0. The van der Waals surface area contributed by atoms with Crippen LogP contribution in [-0.2, 0) is 77.0 Å². The highest BCUT2D eigenvalue weighted by atomic mass is 17.2. The van der Waals surface area contributed by atoms with Crippen LogP contribution in [0.15, 0.2) is 0 Å². The van der Waals surface area contributed by atoms with E-state index in [9.17, 15) is 0 Å². The molecule has 0 aromatic heterocycles. The Balaban J connectivity index is 6.47. The van der Waals surface area contributed by atoms with E-state index in [-0.39, 0.29) is 65.1 Å². The molecular formula is C45H92O16. The predicted octanol–water partition coefficient (Wildman–Crippen LogP) is 8.21. The number of ether oxygens (including phenoxy) is 8. The lowest BCUT2D eigenvalue weighted by Crippen LogP contribution is -2.45. The molecule has 0 aromatic rings. The summed E-state index contributed by atoms with van der Waals surface area (Å²) < 4.78 is 50.4. The van der Waals surface area contributed by atoms with Crippen molar-refractivity contribution in [3.05, 3.63) is 0 Å². The fourth-order valence-corrected chi connectivity index (χ4v) is 5.07. The van der Waals surface area contributed by atoms with Gasteiger partial charge in [0.25, 0.3) is 0 Å².